The number of hydrogen-bond donors (Lipinski definition) is 2. The number of hydrogen-bond acceptors (Lipinski definition) is 7. The van der Waals surface area contributed by atoms with E-state index in [2.05, 4.69) is 15.7 Å². The van der Waals surface area contributed by atoms with Crippen molar-refractivity contribution < 1.29 is 23.9 Å². The number of carbonyl (C=O) groups excluding carboxylic acids is 3. The Morgan fingerprint density at radius 2 is 1.67 bits per heavy atom. The van der Waals surface area contributed by atoms with Gasteiger partial charge in [0.1, 0.15) is 0 Å². The summed E-state index contributed by atoms with van der Waals surface area (Å²) in [5.41, 5.74) is 0.613. The van der Waals surface area contributed by atoms with Crippen molar-refractivity contribution in [2.75, 3.05) is 23.8 Å². The molecule has 3 aromatic rings. The molecular weight excluding hydrogens is 428 g/mol. The second-order valence-corrected chi connectivity index (χ2v) is 6.76. The van der Waals surface area contributed by atoms with Crippen molar-refractivity contribution >= 4 is 29.2 Å². The monoisotopic (exact) mass is 450 g/mol. The summed E-state index contributed by atoms with van der Waals surface area (Å²) in [7, 11) is 0. The number of esters is 1. The van der Waals surface area contributed by atoms with Gasteiger partial charge in [-0.1, -0.05) is 24.3 Å². The highest BCUT2D eigenvalue weighted by Gasteiger charge is 2.20. The Bertz CT molecular complexity index is 1220. The smallest absolute Gasteiger partial charge is 0.362 e. The molecule has 170 valence electrons. The lowest BCUT2D eigenvalue weighted by Gasteiger charge is -2.13. The molecule has 0 spiro atoms. The molecule has 0 radical (unpaired) electrons. The third-order valence-electron chi connectivity index (χ3n) is 4.19. The van der Waals surface area contributed by atoms with Crippen molar-refractivity contribution in [2.24, 2.45) is 0 Å². The number of carbonyl (C=O) groups is 3. The van der Waals surface area contributed by atoms with Gasteiger partial charge in [0.15, 0.2) is 12.4 Å². The maximum Gasteiger partial charge on any atom is 0.362 e. The first kappa shape index (κ1) is 23.2. The molecule has 0 aliphatic rings. The van der Waals surface area contributed by atoms with E-state index >= 15 is 0 Å². The van der Waals surface area contributed by atoms with E-state index in [0.717, 1.165) is 10.7 Å². The highest BCUT2D eigenvalue weighted by molar-refractivity contribution is 5.94. The van der Waals surface area contributed by atoms with Crippen LogP contribution < -0.4 is 20.9 Å². The lowest BCUT2D eigenvalue weighted by Crippen LogP contribution is -2.27. The average Bonchev–Trinajstić information content (AvgIpc) is 2.78. The van der Waals surface area contributed by atoms with E-state index in [0.29, 0.717) is 17.1 Å². The molecule has 10 heteroatoms. The third kappa shape index (κ3) is 6.26. The molecule has 1 aromatic heterocycles. The first-order chi connectivity index (χ1) is 15.9. The minimum Gasteiger partial charge on any atom is -0.481 e. The van der Waals surface area contributed by atoms with Gasteiger partial charge in [-0.25, -0.2) is 4.79 Å². The van der Waals surface area contributed by atoms with Crippen LogP contribution in [0.25, 0.3) is 5.69 Å². The highest BCUT2D eigenvalue weighted by atomic mass is 16.5. The highest BCUT2D eigenvalue weighted by Crippen LogP contribution is 2.18. The van der Waals surface area contributed by atoms with Gasteiger partial charge in [0.2, 0.25) is 11.6 Å². The van der Waals surface area contributed by atoms with Gasteiger partial charge in [-0.3, -0.25) is 14.4 Å². The van der Waals surface area contributed by atoms with Crippen LogP contribution in [0.3, 0.4) is 0 Å². The zero-order valence-corrected chi connectivity index (χ0v) is 18.0. The Balaban J connectivity index is 1.79. The van der Waals surface area contributed by atoms with Gasteiger partial charge in [-0.2, -0.15) is 9.78 Å². The quantitative estimate of drug-likeness (QED) is 0.504. The molecule has 0 aliphatic carbocycles. The number of nitrogens with zero attached hydrogens (tertiary/aromatic N) is 2. The summed E-state index contributed by atoms with van der Waals surface area (Å²) in [6, 6.07) is 16.2. The van der Waals surface area contributed by atoms with Crippen LogP contribution in [0.4, 0.5) is 11.4 Å². The van der Waals surface area contributed by atoms with Crippen LogP contribution in [0.1, 0.15) is 24.3 Å². The van der Waals surface area contributed by atoms with Crippen LogP contribution in [0.5, 0.6) is 5.75 Å². The van der Waals surface area contributed by atoms with E-state index < -0.39 is 24.0 Å². The van der Waals surface area contributed by atoms with Crippen LogP contribution >= 0.6 is 0 Å². The standard InChI is InChI=1S/C23H22N4O6/c1-3-32-23(31)22-19(13-21(30)27(26-22)18-10-5-4-6-11-18)33-14-20(29)25-17-9-7-8-16(12-17)24-15(2)28/h4-13H,3,14H2,1-2H3,(H,24,28)(H,25,29). The van der Waals surface area contributed by atoms with E-state index in [1.165, 1.54) is 6.92 Å². The number of para-hydroxylation sites is 1. The molecular formula is C23H22N4O6. The predicted molar refractivity (Wildman–Crippen MR) is 121 cm³/mol. The first-order valence-electron chi connectivity index (χ1n) is 10.0. The summed E-state index contributed by atoms with van der Waals surface area (Å²) in [5, 5.41) is 9.33. The number of amides is 2. The number of rotatable bonds is 8. The Morgan fingerprint density at radius 1 is 0.970 bits per heavy atom. The topological polar surface area (TPSA) is 129 Å². The Kier molecular flexibility index (Phi) is 7.53. The molecule has 2 aromatic carbocycles. The maximum atomic E-state index is 12.6. The van der Waals surface area contributed by atoms with Crippen molar-refractivity contribution in [1.29, 1.82) is 0 Å². The molecule has 0 saturated carbocycles. The summed E-state index contributed by atoms with van der Waals surface area (Å²) < 4.78 is 11.5. The van der Waals surface area contributed by atoms with Gasteiger partial charge in [-0.05, 0) is 37.3 Å². The Labute approximate surface area is 189 Å². The summed E-state index contributed by atoms with van der Waals surface area (Å²) in [5.74, 6) is -1.75. The predicted octanol–water partition coefficient (Wildman–Crippen LogP) is 2.39. The number of ether oxygens (including phenoxy) is 2. The van der Waals surface area contributed by atoms with Crippen LogP contribution in [0.2, 0.25) is 0 Å². The van der Waals surface area contributed by atoms with E-state index in [1.807, 2.05) is 0 Å². The summed E-state index contributed by atoms with van der Waals surface area (Å²) in [4.78, 5) is 48.5. The average molecular weight is 450 g/mol. The van der Waals surface area contributed by atoms with Gasteiger partial charge in [0, 0.05) is 18.3 Å². The molecule has 0 bridgehead atoms. The SMILES string of the molecule is CCOC(=O)c1nn(-c2ccccc2)c(=O)cc1OCC(=O)Nc1cccc(NC(C)=O)c1. The van der Waals surface area contributed by atoms with Crippen molar-refractivity contribution in [3.05, 3.63) is 76.7 Å². The Hall–Kier alpha value is -4.47. The van der Waals surface area contributed by atoms with Gasteiger partial charge in [-0.15, -0.1) is 0 Å². The fourth-order valence-corrected chi connectivity index (χ4v) is 2.86. The molecule has 2 amide bonds. The summed E-state index contributed by atoms with van der Waals surface area (Å²) >= 11 is 0. The summed E-state index contributed by atoms with van der Waals surface area (Å²) in [6.07, 6.45) is 0. The molecule has 33 heavy (non-hydrogen) atoms. The van der Waals surface area contributed by atoms with E-state index in [1.54, 1.807) is 61.5 Å². The summed E-state index contributed by atoms with van der Waals surface area (Å²) in [6.45, 7) is 2.61. The van der Waals surface area contributed by atoms with Crippen LogP contribution in [0.15, 0.2) is 65.5 Å². The normalized spacial score (nSPS) is 10.2. The first-order valence-corrected chi connectivity index (χ1v) is 10.0. The van der Waals surface area contributed by atoms with E-state index in [-0.39, 0.29) is 24.0 Å². The molecule has 1 heterocycles. The van der Waals surface area contributed by atoms with Crippen molar-refractivity contribution in [1.82, 2.24) is 9.78 Å². The van der Waals surface area contributed by atoms with Gasteiger partial charge < -0.3 is 20.1 Å². The Morgan fingerprint density at radius 3 is 2.33 bits per heavy atom. The number of anilines is 2. The molecule has 0 saturated heterocycles. The maximum absolute atomic E-state index is 12.6. The molecule has 0 unspecified atom stereocenters. The van der Waals surface area contributed by atoms with Gasteiger partial charge >= 0.3 is 5.97 Å². The molecule has 0 fully saturated rings. The lowest BCUT2D eigenvalue weighted by molar-refractivity contribution is -0.118. The van der Waals surface area contributed by atoms with E-state index in [4.69, 9.17) is 9.47 Å². The van der Waals surface area contributed by atoms with Gasteiger partial charge in [0.25, 0.3) is 11.5 Å². The minimum atomic E-state index is -0.791. The fraction of sp³-hybridized carbons (Fsp3) is 0.174. The van der Waals surface area contributed by atoms with E-state index in [9.17, 15) is 19.2 Å². The second kappa shape index (κ2) is 10.7. The van der Waals surface area contributed by atoms with Crippen LogP contribution in [0, 0.1) is 0 Å². The second-order valence-electron chi connectivity index (χ2n) is 6.76. The number of nitrogens with one attached hydrogen (secondary N) is 2. The fourth-order valence-electron chi connectivity index (χ4n) is 2.86. The molecule has 3 rings (SSSR count). The zero-order chi connectivity index (χ0) is 23.8. The third-order valence-corrected chi connectivity index (χ3v) is 4.19. The van der Waals surface area contributed by atoms with Crippen molar-refractivity contribution in [2.45, 2.75) is 13.8 Å². The number of aromatic nitrogens is 2. The van der Waals surface area contributed by atoms with Crippen molar-refractivity contribution in [3.63, 3.8) is 0 Å². The molecule has 2 N–H and O–H groups in total. The minimum absolute atomic E-state index is 0.0928. The number of benzene rings is 2. The zero-order valence-electron chi connectivity index (χ0n) is 18.0. The molecule has 0 atom stereocenters. The molecule has 10 nitrogen and oxygen atoms in total. The molecule has 0 aliphatic heterocycles. The van der Waals surface area contributed by atoms with Crippen LogP contribution in [-0.4, -0.2) is 40.8 Å². The van der Waals surface area contributed by atoms with Crippen molar-refractivity contribution in [3.8, 4) is 11.4 Å². The van der Waals surface area contributed by atoms with Crippen LogP contribution in [-0.2, 0) is 14.3 Å². The lowest BCUT2D eigenvalue weighted by atomic mass is 10.2. The largest absolute Gasteiger partial charge is 0.481 e. The van der Waals surface area contributed by atoms with Gasteiger partial charge in [0.05, 0.1) is 18.4 Å².